The molecular weight excluding hydrogens is 326 g/mol. The van der Waals surface area contributed by atoms with Crippen LogP contribution in [0, 0.1) is 6.92 Å². The van der Waals surface area contributed by atoms with Crippen LogP contribution in [0.4, 0.5) is 0 Å². The van der Waals surface area contributed by atoms with E-state index in [0.29, 0.717) is 0 Å². The molecule has 110 valence electrons. The van der Waals surface area contributed by atoms with Crippen molar-refractivity contribution in [2.45, 2.75) is 25.8 Å². The molecule has 0 radical (unpaired) electrons. The van der Waals surface area contributed by atoms with E-state index in [0.717, 1.165) is 29.7 Å². The van der Waals surface area contributed by atoms with E-state index in [1.165, 1.54) is 22.3 Å². The largest absolute Gasteiger partial charge is 0.493 e. The zero-order valence-corrected chi connectivity index (χ0v) is 14.0. The topological polar surface area (TPSA) is 21.3 Å². The number of halogens is 1. The molecule has 2 aromatic carbocycles. The Morgan fingerprint density at radius 2 is 2.05 bits per heavy atom. The first-order valence-electron chi connectivity index (χ1n) is 7.38. The molecule has 0 amide bonds. The smallest absolute Gasteiger partial charge is 0.122 e. The second-order valence-electron chi connectivity index (χ2n) is 5.54. The zero-order chi connectivity index (χ0) is 14.8. The van der Waals surface area contributed by atoms with Crippen molar-refractivity contribution in [3.05, 3.63) is 63.1 Å². The highest BCUT2D eigenvalue weighted by Gasteiger charge is 2.18. The molecule has 1 aliphatic rings. The van der Waals surface area contributed by atoms with E-state index >= 15 is 0 Å². The predicted octanol–water partition coefficient (Wildman–Crippen LogP) is 4.39. The number of hydrogen-bond acceptors (Lipinski definition) is 2. The lowest BCUT2D eigenvalue weighted by atomic mass is 9.92. The van der Waals surface area contributed by atoms with Gasteiger partial charge in [-0.05, 0) is 67.3 Å². The number of fused-ring (bicyclic) bond motifs is 1. The molecule has 1 heterocycles. The maximum Gasteiger partial charge on any atom is 0.122 e. The minimum absolute atomic E-state index is 0.203. The molecule has 3 rings (SSSR count). The molecule has 0 spiro atoms. The lowest BCUT2D eigenvalue weighted by Gasteiger charge is -2.23. The second-order valence-corrected chi connectivity index (χ2v) is 6.46. The highest BCUT2D eigenvalue weighted by Crippen LogP contribution is 2.32. The Labute approximate surface area is 134 Å². The van der Waals surface area contributed by atoms with Crippen molar-refractivity contribution >= 4 is 15.9 Å². The summed E-state index contributed by atoms with van der Waals surface area (Å²) in [6, 6.07) is 13.2. The number of nitrogens with one attached hydrogen (secondary N) is 1. The van der Waals surface area contributed by atoms with E-state index in [9.17, 15) is 0 Å². The Kier molecular flexibility index (Phi) is 4.32. The van der Waals surface area contributed by atoms with Crippen LogP contribution in [0.15, 0.2) is 40.9 Å². The molecule has 1 aliphatic heterocycles. The Hall–Kier alpha value is -1.32. The lowest BCUT2D eigenvalue weighted by molar-refractivity contribution is 0.288. The third kappa shape index (κ3) is 2.99. The minimum Gasteiger partial charge on any atom is -0.493 e. The quantitative estimate of drug-likeness (QED) is 0.890. The maximum absolute atomic E-state index is 5.71. The molecule has 21 heavy (non-hydrogen) atoms. The van der Waals surface area contributed by atoms with Gasteiger partial charge in [-0.3, -0.25) is 0 Å². The molecule has 1 unspecified atom stereocenters. The van der Waals surface area contributed by atoms with Crippen LogP contribution in [0.3, 0.4) is 0 Å². The van der Waals surface area contributed by atoms with Crippen LogP contribution in [0.25, 0.3) is 0 Å². The SMILES string of the molecule is CNC(c1ccc2c(c1)CCCO2)c1cc(Br)ccc1C. The van der Waals surface area contributed by atoms with E-state index < -0.39 is 0 Å². The number of ether oxygens (including phenoxy) is 1. The van der Waals surface area contributed by atoms with Gasteiger partial charge in [-0.2, -0.15) is 0 Å². The summed E-state index contributed by atoms with van der Waals surface area (Å²) >= 11 is 3.58. The first kappa shape index (κ1) is 14.6. The van der Waals surface area contributed by atoms with Gasteiger partial charge in [-0.15, -0.1) is 0 Å². The standard InChI is InChI=1S/C18H20BrNO/c1-12-5-7-15(19)11-16(12)18(20-2)14-6-8-17-13(10-14)4-3-9-21-17/h5-8,10-11,18,20H,3-4,9H2,1-2H3. The summed E-state index contributed by atoms with van der Waals surface area (Å²) in [6.45, 7) is 3.00. The maximum atomic E-state index is 5.71. The summed E-state index contributed by atoms with van der Waals surface area (Å²) in [5, 5.41) is 3.45. The lowest BCUT2D eigenvalue weighted by Crippen LogP contribution is -2.19. The van der Waals surface area contributed by atoms with Crippen LogP contribution < -0.4 is 10.1 Å². The number of benzene rings is 2. The molecule has 3 heteroatoms. The Morgan fingerprint density at radius 1 is 1.19 bits per heavy atom. The van der Waals surface area contributed by atoms with Crippen molar-refractivity contribution in [2.24, 2.45) is 0 Å². The molecule has 0 saturated carbocycles. The molecule has 0 aliphatic carbocycles. The normalized spacial score (nSPS) is 15.2. The van der Waals surface area contributed by atoms with Gasteiger partial charge in [-0.25, -0.2) is 0 Å². The zero-order valence-electron chi connectivity index (χ0n) is 12.4. The number of hydrogen-bond donors (Lipinski definition) is 1. The second kappa shape index (κ2) is 6.20. The molecule has 2 nitrogen and oxygen atoms in total. The van der Waals surface area contributed by atoms with E-state index in [-0.39, 0.29) is 6.04 Å². The Balaban J connectivity index is 2.01. The first-order valence-corrected chi connectivity index (χ1v) is 8.17. The van der Waals surface area contributed by atoms with Crippen molar-refractivity contribution in [3.63, 3.8) is 0 Å². The van der Waals surface area contributed by atoms with Gasteiger partial charge < -0.3 is 10.1 Å². The number of rotatable bonds is 3. The Morgan fingerprint density at radius 3 is 2.86 bits per heavy atom. The van der Waals surface area contributed by atoms with E-state index in [4.69, 9.17) is 4.74 Å². The fourth-order valence-electron chi connectivity index (χ4n) is 2.98. The van der Waals surface area contributed by atoms with Gasteiger partial charge in [0.05, 0.1) is 12.6 Å². The van der Waals surface area contributed by atoms with Crippen molar-refractivity contribution in [3.8, 4) is 5.75 Å². The fraction of sp³-hybridized carbons (Fsp3) is 0.333. The van der Waals surface area contributed by atoms with Crippen molar-refractivity contribution in [1.82, 2.24) is 5.32 Å². The van der Waals surface area contributed by atoms with Crippen LogP contribution >= 0.6 is 15.9 Å². The Bertz CT molecular complexity index is 654. The molecule has 1 N–H and O–H groups in total. The molecule has 0 bridgehead atoms. The summed E-state index contributed by atoms with van der Waals surface area (Å²) in [5.74, 6) is 1.05. The molecule has 2 aromatic rings. The van der Waals surface area contributed by atoms with E-state index in [2.05, 4.69) is 64.6 Å². The van der Waals surface area contributed by atoms with Crippen molar-refractivity contribution < 1.29 is 4.74 Å². The van der Waals surface area contributed by atoms with Crippen LogP contribution in [-0.4, -0.2) is 13.7 Å². The van der Waals surface area contributed by atoms with Crippen LogP contribution in [-0.2, 0) is 6.42 Å². The van der Waals surface area contributed by atoms with Crippen LogP contribution in [0.5, 0.6) is 5.75 Å². The average Bonchev–Trinajstić information content (AvgIpc) is 2.51. The van der Waals surface area contributed by atoms with Crippen LogP contribution in [0.2, 0.25) is 0 Å². The van der Waals surface area contributed by atoms with Crippen LogP contribution in [0.1, 0.15) is 34.7 Å². The van der Waals surface area contributed by atoms with Gasteiger partial charge in [0.1, 0.15) is 5.75 Å². The minimum atomic E-state index is 0.203. The van der Waals surface area contributed by atoms with Crippen molar-refractivity contribution in [1.29, 1.82) is 0 Å². The van der Waals surface area contributed by atoms with E-state index in [1.807, 2.05) is 7.05 Å². The highest BCUT2D eigenvalue weighted by molar-refractivity contribution is 9.10. The summed E-state index contributed by atoms with van der Waals surface area (Å²) in [6.07, 6.45) is 2.22. The highest BCUT2D eigenvalue weighted by atomic mass is 79.9. The van der Waals surface area contributed by atoms with Gasteiger partial charge in [0.15, 0.2) is 0 Å². The molecule has 1 atom stereocenters. The average molecular weight is 346 g/mol. The third-order valence-corrected chi connectivity index (χ3v) is 4.60. The predicted molar refractivity (Wildman–Crippen MR) is 90.0 cm³/mol. The third-order valence-electron chi connectivity index (χ3n) is 4.11. The monoisotopic (exact) mass is 345 g/mol. The summed E-state index contributed by atoms with van der Waals surface area (Å²) in [4.78, 5) is 0. The summed E-state index contributed by atoms with van der Waals surface area (Å²) < 4.78 is 6.83. The van der Waals surface area contributed by atoms with Gasteiger partial charge in [-0.1, -0.05) is 34.1 Å². The molecular formula is C18H20BrNO. The molecule has 0 fully saturated rings. The van der Waals surface area contributed by atoms with Gasteiger partial charge >= 0.3 is 0 Å². The molecule has 0 aromatic heterocycles. The van der Waals surface area contributed by atoms with Gasteiger partial charge in [0, 0.05) is 4.47 Å². The van der Waals surface area contributed by atoms with Gasteiger partial charge in [0.2, 0.25) is 0 Å². The summed E-state index contributed by atoms with van der Waals surface area (Å²) in [7, 11) is 2.01. The summed E-state index contributed by atoms with van der Waals surface area (Å²) in [5.41, 5.74) is 5.23. The first-order chi connectivity index (χ1) is 10.2. The van der Waals surface area contributed by atoms with E-state index in [1.54, 1.807) is 0 Å². The van der Waals surface area contributed by atoms with Gasteiger partial charge in [0.25, 0.3) is 0 Å². The van der Waals surface area contributed by atoms with Crippen molar-refractivity contribution in [2.75, 3.05) is 13.7 Å². The molecule has 0 saturated heterocycles. The fourth-order valence-corrected chi connectivity index (χ4v) is 3.36. The number of aryl methyl sites for hydroxylation is 2.